The Morgan fingerprint density at radius 2 is 1.96 bits per heavy atom. The lowest BCUT2D eigenvalue weighted by atomic mass is 10.2. The number of aromatic nitrogens is 3. The van der Waals surface area contributed by atoms with E-state index in [0.29, 0.717) is 0 Å². The molecule has 2 aromatic rings. The van der Waals surface area contributed by atoms with E-state index in [9.17, 15) is 0 Å². The van der Waals surface area contributed by atoms with Gasteiger partial charge in [-0.15, -0.1) is 11.8 Å². The van der Waals surface area contributed by atoms with Crippen molar-refractivity contribution in [1.29, 1.82) is 0 Å². The molecule has 0 saturated heterocycles. The van der Waals surface area contributed by atoms with E-state index in [0.717, 1.165) is 26.9 Å². The first kappa shape index (κ1) is 19.4. The zero-order valence-electron chi connectivity index (χ0n) is 14.8. The normalized spacial score (nSPS) is 12.6. The molecule has 0 bridgehead atoms. The molecule has 0 N–H and O–H groups in total. The van der Waals surface area contributed by atoms with Gasteiger partial charge < -0.3 is 0 Å². The van der Waals surface area contributed by atoms with Crippen molar-refractivity contribution >= 4 is 40.8 Å². The molecule has 24 heavy (non-hydrogen) atoms. The summed E-state index contributed by atoms with van der Waals surface area (Å²) in [7, 11) is -1.23. The third-order valence-corrected chi connectivity index (χ3v) is 11.6. The molecule has 130 valence electrons. The minimum absolute atomic E-state index is 0.982. The van der Waals surface area contributed by atoms with Crippen LogP contribution in [0, 0.1) is 0 Å². The molecular formula is C17H25BrN4SSi. The molecule has 0 unspecified atom stereocenters. The monoisotopic (exact) mass is 424 g/mol. The number of halogens is 1. The van der Waals surface area contributed by atoms with Crippen LogP contribution in [0.25, 0.3) is 5.69 Å². The third-order valence-electron chi connectivity index (χ3n) is 4.86. The van der Waals surface area contributed by atoms with Crippen molar-refractivity contribution in [2.24, 2.45) is 4.99 Å². The molecule has 1 aromatic heterocycles. The first-order chi connectivity index (χ1) is 11.6. The molecular weight excluding hydrogens is 400 g/mol. The summed E-state index contributed by atoms with van der Waals surface area (Å²) in [5.41, 5.74) is 2.14. The van der Waals surface area contributed by atoms with Gasteiger partial charge in [-0.1, -0.05) is 45.0 Å². The Morgan fingerprint density at radius 1 is 1.25 bits per heavy atom. The van der Waals surface area contributed by atoms with Crippen molar-refractivity contribution in [3.8, 4) is 5.69 Å². The van der Waals surface area contributed by atoms with Crippen molar-refractivity contribution in [2.75, 3.05) is 12.4 Å². The highest BCUT2D eigenvalue weighted by atomic mass is 79.9. The predicted molar refractivity (Wildman–Crippen MR) is 111 cm³/mol. The fourth-order valence-electron chi connectivity index (χ4n) is 2.76. The summed E-state index contributed by atoms with van der Waals surface area (Å²) in [4.78, 5) is 9.02. The van der Waals surface area contributed by atoms with Crippen LogP contribution in [-0.4, -0.2) is 40.3 Å². The molecule has 0 saturated carbocycles. The highest BCUT2D eigenvalue weighted by Gasteiger charge is 2.26. The largest absolute Gasteiger partial charge is 0.281 e. The number of rotatable bonds is 7. The molecule has 0 atom stereocenters. The Morgan fingerprint density at radius 3 is 2.46 bits per heavy atom. The van der Waals surface area contributed by atoms with Gasteiger partial charge in [-0.2, -0.15) is 5.10 Å². The SMILES string of the molecule is CC[Si](CC)(CC)C/N=C(\SC)c1ccc(-n2cncn2)c(Br)c1. The van der Waals surface area contributed by atoms with Gasteiger partial charge in [0, 0.05) is 16.2 Å². The molecule has 0 aliphatic heterocycles. The van der Waals surface area contributed by atoms with Gasteiger partial charge in [0.25, 0.3) is 0 Å². The second-order valence-corrected chi connectivity index (χ2v) is 13.0. The molecule has 0 spiro atoms. The summed E-state index contributed by atoms with van der Waals surface area (Å²) in [6.07, 6.45) is 6.37. The van der Waals surface area contributed by atoms with Gasteiger partial charge in [-0.25, -0.2) is 9.67 Å². The molecule has 0 fully saturated rings. The van der Waals surface area contributed by atoms with Gasteiger partial charge in [0.1, 0.15) is 12.7 Å². The minimum Gasteiger partial charge on any atom is -0.281 e. The van der Waals surface area contributed by atoms with Crippen LogP contribution in [0.5, 0.6) is 0 Å². The van der Waals surface area contributed by atoms with Gasteiger partial charge in [0.2, 0.25) is 0 Å². The molecule has 0 aliphatic carbocycles. The van der Waals surface area contributed by atoms with Crippen molar-refractivity contribution in [3.63, 3.8) is 0 Å². The van der Waals surface area contributed by atoms with Crippen molar-refractivity contribution in [1.82, 2.24) is 14.8 Å². The van der Waals surface area contributed by atoms with E-state index in [2.05, 4.69) is 71.2 Å². The Bertz CT molecular complexity index is 676. The molecule has 2 rings (SSSR count). The van der Waals surface area contributed by atoms with Crippen LogP contribution in [0.15, 0.2) is 40.3 Å². The predicted octanol–water partition coefficient (Wildman–Crippen LogP) is 5.19. The van der Waals surface area contributed by atoms with Gasteiger partial charge in [-0.05, 0) is 34.3 Å². The van der Waals surface area contributed by atoms with E-state index < -0.39 is 8.07 Å². The molecule has 7 heteroatoms. The Balaban J connectivity index is 2.28. The summed E-state index contributed by atoms with van der Waals surface area (Å²) < 4.78 is 2.75. The van der Waals surface area contributed by atoms with Crippen LogP contribution in [0.3, 0.4) is 0 Å². The van der Waals surface area contributed by atoms with Crippen LogP contribution >= 0.6 is 27.7 Å². The minimum atomic E-state index is -1.23. The zero-order valence-corrected chi connectivity index (χ0v) is 18.2. The fourth-order valence-corrected chi connectivity index (χ4v) is 6.65. The standard InChI is InChI=1S/C17H25BrN4SSi/c1-5-24(6-2,7-3)13-20-17(23-4)14-8-9-16(15(18)10-14)22-12-19-11-21-22/h8-12H,5-7,13H2,1-4H3/b20-17-. The Kier molecular flexibility index (Phi) is 7.25. The molecule has 0 amide bonds. The topological polar surface area (TPSA) is 43.1 Å². The number of aliphatic imine (C=N–C) groups is 1. The first-order valence-corrected chi connectivity index (χ1v) is 13.2. The van der Waals surface area contributed by atoms with Crippen LogP contribution in [-0.2, 0) is 0 Å². The van der Waals surface area contributed by atoms with E-state index in [1.165, 1.54) is 18.1 Å². The van der Waals surface area contributed by atoms with Crippen LogP contribution in [0.4, 0.5) is 0 Å². The van der Waals surface area contributed by atoms with Gasteiger partial charge >= 0.3 is 0 Å². The molecule has 4 nitrogen and oxygen atoms in total. The lowest BCUT2D eigenvalue weighted by Crippen LogP contribution is -2.36. The lowest BCUT2D eigenvalue weighted by Gasteiger charge is -2.26. The van der Waals surface area contributed by atoms with E-state index >= 15 is 0 Å². The number of nitrogens with zero attached hydrogens (tertiary/aromatic N) is 4. The molecule has 0 radical (unpaired) electrons. The quantitative estimate of drug-likeness (QED) is 0.348. The Hall–Kier alpha value is -0.923. The van der Waals surface area contributed by atoms with Gasteiger partial charge in [-0.3, -0.25) is 4.99 Å². The maximum atomic E-state index is 5.02. The molecule has 1 aromatic carbocycles. The second kappa shape index (κ2) is 8.96. The maximum Gasteiger partial charge on any atom is 0.138 e. The summed E-state index contributed by atoms with van der Waals surface area (Å²) in [5, 5.41) is 5.31. The summed E-state index contributed by atoms with van der Waals surface area (Å²) in [6.45, 7) is 6.99. The van der Waals surface area contributed by atoms with Crippen molar-refractivity contribution in [2.45, 2.75) is 38.9 Å². The summed E-state index contributed by atoms with van der Waals surface area (Å²) in [6, 6.07) is 10.2. The number of thioether (sulfide) groups is 1. The van der Waals surface area contributed by atoms with Gasteiger partial charge in [0.15, 0.2) is 0 Å². The van der Waals surface area contributed by atoms with E-state index in [-0.39, 0.29) is 0 Å². The van der Waals surface area contributed by atoms with Crippen LogP contribution in [0.1, 0.15) is 26.3 Å². The summed E-state index contributed by atoms with van der Waals surface area (Å²) in [5.74, 6) is 0. The lowest BCUT2D eigenvalue weighted by molar-refractivity contribution is 0.874. The van der Waals surface area contributed by atoms with Crippen molar-refractivity contribution in [3.05, 3.63) is 40.9 Å². The molecule has 1 heterocycles. The first-order valence-electron chi connectivity index (χ1n) is 8.32. The van der Waals surface area contributed by atoms with E-state index in [4.69, 9.17) is 4.99 Å². The highest BCUT2D eigenvalue weighted by molar-refractivity contribution is 9.10. The summed E-state index contributed by atoms with van der Waals surface area (Å²) >= 11 is 5.38. The highest BCUT2D eigenvalue weighted by Crippen LogP contribution is 2.25. The average Bonchev–Trinajstić information content (AvgIpc) is 3.14. The maximum absolute atomic E-state index is 5.02. The number of benzene rings is 1. The fraction of sp³-hybridized carbons (Fsp3) is 0.471. The average molecular weight is 425 g/mol. The van der Waals surface area contributed by atoms with Crippen molar-refractivity contribution < 1.29 is 0 Å². The van der Waals surface area contributed by atoms with E-state index in [1.807, 2.05) is 0 Å². The smallest absolute Gasteiger partial charge is 0.138 e. The third kappa shape index (κ3) is 4.37. The van der Waals surface area contributed by atoms with E-state index in [1.54, 1.807) is 29.1 Å². The zero-order chi connectivity index (χ0) is 17.6. The second-order valence-electron chi connectivity index (χ2n) is 5.89. The van der Waals surface area contributed by atoms with Gasteiger partial charge in [0.05, 0.1) is 18.8 Å². The van der Waals surface area contributed by atoms with Crippen LogP contribution in [0.2, 0.25) is 18.1 Å². The number of hydrogen-bond acceptors (Lipinski definition) is 4. The Labute approximate surface area is 158 Å². The van der Waals surface area contributed by atoms with Crippen LogP contribution < -0.4 is 0 Å². The molecule has 0 aliphatic rings. The number of hydrogen-bond donors (Lipinski definition) is 0.